The van der Waals surface area contributed by atoms with E-state index in [0.29, 0.717) is 17.8 Å². The molecule has 0 aliphatic rings. The molecule has 9 nitrogen and oxygen atoms in total. The number of H-pyrrole nitrogens is 1. The van der Waals surface area contributed by atoms with Crippen LogP contribution in [-0.4, -0.2) is 39.8 Å². The van der Waals surface area contributed by atoms with Crippen LogP contribution in [0.4, 0.5) is 27.8 Å². The minimum Gasteiger partial charge on any atom is -0.441 e. The van der Waals surface area contributed by atoms with Gasteiger partial charge in [0.2, 0.25) is 5.89 Å². The third-order valence-electron chi connectivity index (χ3n) is 4.15. The maximum atomic E-state index is 13.4. The van der Waals surface area contributed by atoms with Gasteiger partial charge in [-0.3, -0.25) is 14.7 Å². The lowest BCUT2D eigenvalue weighted by atomic mass is 10.2. The Morgan fingerprint density at radius 2 is 1.88 bits per heavy atom. The summed E-state index contributed by atoms with van der Waals surface area (Å²) in [6.45, 7) is -0.584. The number of aromatic nitrogens is 3. The monoisotopic (exact) mass is 507 g/mol. The molecule has 182 valence electrons. The van der Waals surface area contributed by atoms with Crippen molar-refractivity contribution in [2.45, 2.75) is 26.3 Å². The molecule has 2 aromatic heterocycles. The number of aromatic amines is 1. The van der Waals surface area contributed by atoms with Crippen LogP contribution in [-0.2, 0) is 17.9 Å². The summed E-state index contributed by atoms with van der Waals surface area (Å²) >= 11 is 5.75. The molecular weight excluding hydrogens is 493 g/mol. The first kappa shape index (κ1) is 25.1. The normalized spacial score (nSPS) is 11.5. The second-order valence-corrected chi connectivity index (χ2v) is 7.18. The first-order valence-corrected chi connectivity index (χ1v) is 9.70. The van der Waals surface area contributed by atoms with Crippen molar-refractivity contribution < 1.29 is 40.7 Å². The summed E-state index contributed by atoms with van der Waals surface area (Å²) in [5.74, 6) is -3.98. The predicted molar refractivity (Wildman–Crippen MR) is 106 cm³/mol. The third-order valence-corrected chi connectivity index (χ3v) is 4.46. The van der Waals surface area contributed by atoms with E-state index < -0.39 is 42.8 Å². The van der Waals surface area contributed by atoms with Gasteiger partial charge in [0.15, 0.2) is 17.3 Å². The number of nitrogens with zero attached hydrogens (tertiary/aromatic N) is 2. The molecule has 0 atom stereocenters. The summed E-state index contributed by atoms with van der Waals surface area (Å²) in [5.41, 5.74) is -0.140. The number of rotatable bonds is 8. The van der Waals surface area contributed by atoms with Crippen molar-refractivity contribution in [1.82, 2.24) is 20.5 Å². The van der Waals surface area contributed by atoms with Crippen LogP contribution in [0.15, 0.2) is 22.6 Å². The zero-order chi connectivity index (χ0) is 25.0. The minimum absolute atomic E-state index is 0.0316. The molecular formula is C19H15ClF5N5O4. The fraction of sp³-hybridized carbons (Fsp3) is 0.263. The minimum atomic E-state index is -4.48. The zero-order valence-electron chi connectivity index (χ0n) is 17.1. The standard InChI is InChI=1S/C19H15ClF5N5O4/c1-8-14(34-16(27-8)6-33-7-19(23,24)25)5-26-18(32)13-4-15(30-29-13)28-17(31)9-2-11(21)12(22)3-10(9)20/h2-4H,5-7H2,1H3,(H,26,32)(H2,28,29,30,31). The second-order valence-electron chi connectivity index (χ2n) is 6.77. The van der Waals surface area contributed by atoms with E-state index >= 15 is 0 Å². The number of aryl methyl sites for hydroxylation is 1. The fourth-order valence-corrected chi connectivity index (χ4v) is 2.84. The number of hydrogen-bond donors (Lipinski definition) is 3. The summed E-state index contributed by atoms with van der Waals surface area (Å²) < 4.78 is 72.7. The van der Waals surface area contributed by atoms with Crippen LogP contribution < -0.4 is 10.6 Å². The molecule has 0 radical (unpaired) electrons. The number of carbonyl (C=O) groups excluding carboxylic acids is 2. The highest BCUT2D eigenvalue weighted by Crippen LogP contribution is 2.21. The first-order chi connectivity index (χ1) is 15.9. The zero-order valence-corrected chi connectivity index (χ0v) is 17.9. The van der Waals surface area contributed by atoms with Gasteiger partial charge in [0.05, 0.1) is 22.8 Å². The Bertz CT molecular complexity index is 1210. The lowest BCUT2D eigenvalue weighted by Gasteiger charge is -2.05. The summed E-state index contributed by atoms with van der Waals surface area (Å²) in [5, 5.41) is 10.6. The van der Waals surface area contributed by atoms with Gasteiger partial charge >= 0.3 is 6.18 Å². The molecule has 2 heterocycles. The van der Waals surface area contributed by atoms with Crippen LogP contribution in [0.1, 0.15) is 38.2 Å². The Labute approximate surface area is 192 Å². The van der Waals surface area contributed by atoms with E-state index in [1.165, 1.54) is 13.0 Å². The Hall–Kier alpha value is -3.52. The number of anilines is 1. The Morgan fingerprint density at radius 3 is 2.59 bits per heavy atom. The lowest BCUT2D eigenvalue weighted by Crippen LogP contribution is -2.23. The smallest absolute Gasteiger partial charge is 0.411 e. The number of carbonyl (C=O) groups is 2. The molecule has 1 aromatic carbocycles. The van der Waals surface area contributed by atoms with Crippen molar-refractivity contribution in [2.75, 3.05) is 11.9 Å². The molecule has 0 saturated carbocycles. The van der Waals surface area contributed by atoms with E-state index in [1.807, 2.05) is 0 Å². The number of amides is 2. The average Bonchev–Trinajstić information content (AvgIpc) is 3.34. The van der Waals surface area contributed by atoms with E-state index in [9.17, 15) is 31.5 Å². The van der Waals surface area contributed by atoms with Gasteiger partial charge in [0.25, 0.3) is 11.8 Å². The summed E-state index contributed by atoms with van der Waals surface area (Å²) in [6, 6.07) is 2.45. The van der Waals surface area contributed by atoms with Crippen LogP contribution in [0.2, 0.25) is 5.02 Å². The molecule has 15 heteroatoms. The van der Waals surface area contributed by atoms with Crippen LogP contribution in [0.25, 0.3) is 0 Å². The summed E-state index contributed by atoms with van der Waals surface area (Å²) in [6.07, 6.45) is -4.48. The Kier molecular flexibility index (Phi) is 7.51. The number of benzene rings is 1. The third kappa shape index (κ3) is 6.51. The maximum Gasteiger partial charge on any atom is 0.411 e. The highest BCUT2D eigenvalue weighted by molar-refractivity contribution is 6.34. The van der Waals surface area contributed by atoms with Gasteiger partial charge < -0.3 is 19.8 Å². The van der Waals surface area contributed by atoms with Crippen LogP contribution in [0.5, 0.6) is 0 Å². The molecule has 0 saturated heterocycles. The number of oxazole rings is 1. The van der Waals surface area contributed by atoms with Crippen molar-refractivity contribution in [1.29, 1.82) is 0 Å². The summed E-state index contributed by atoms with van der Waals surface area (Å²) in [4.78, 5) is 28.5. The predicted octanol–water partition coefficient (Wildman–Crippen LogP) is 3.90. The SMILES string of the molecule is Cc1nc(COCC(F)(F)F)oc1CNC(=O)c1cc(NC(=O)c2cc(F)c(F)cc2Cl)[nH]n1. The van der Waals surface area contributed by atoms with E-state index in [4.69, 9.17) is 16.0 Å². The fourth-order valence-electron chi connectivity index (χ4n) is 2.61. The van der Waals surface area contributed by atoms with Gasteiger partial charge in [-0.25, -0.2) is 13.8 Å². The van der Waals surface area contributed by atoms with E-state index in [1.54, 1.807) is 0 Å². The van der Waals surface area contributed by atoms with Gasteiger partial charge in [-0.1, -0.05) is 11.6 Å². The molecule has 0 fully saturated rings. The highest BCUT2D eigenvalue weighted by atomic mass is 35.5. The number of ether oxygens (including phenoxy) is 1. The van der Waals surface area contributed by atoms with Gasteiger partial charge in [-0.2, -0.15) is 18.3 Å². The topological polar surface area (TPSA) is 122 Å². The number of alkyl halides is 3. The quantitative estimate of drug-likeness (QED) is 0.314. The summed E-state index contributed by atoms with van der Waals surface area (Å²) in [7, 11) is 0. The van der Waals surface area contributed by atoms with Gasteiger partial charge in [-0.05, 0) is 19.1 Å². The van der Waals surface area contributed by atoms with Crippen LogP contribution >= 0.6 is 11.6 Å². The molecule has 3 rings (SSSR count). The van der Waals surface area contributed by atoms with Gasteiger partial charge in [0.1, 0.15) is 24.8 Å². The lowest BCUT2D eigenvalue weighted by molar-refractivity contribution is -0.177. The molecule has 34 heavy (non-hydrogen) atoms. The van der Waals surface area contributed by atoms with Crippen LogP contribution in [0.3, 0.4) is 0 Å². The first-order valence-electron chi connectivity index (χ1n) is 9.32. The second kappa shape index (κ2) is 10.2. The van der Waals surface area contributed by atoms with Gasteiger partial charge in [0, 0.05) is 6.07 Å². The van der Waals surface area contributed by atoms with Crippen LogP contribution in [0, 0.1) is 18.6 Å². The molecule has 3 aromatic rings. The maximum absolute atomic E-state index is 13.4. The molecule has 0 bridgehead atoms. The molecule has 0 aliphatic heterocycles. The van der Waals surface area contributed by atoms with Crippen molar-refractivity contribution >= 4 is 29.2 Å². The molecule has 0 unspecified atom stereocenters. The Balaban J connectivity index is 1.56. The van der Waals surface area contributed by atoms with Gasteiger partial charge in [-0.15, -0.1) is 0 Å². The highest BCUT2D eigenvalue weighted by Gasteiger charge is 2.28. The average molecular weight is 508 g/mol. The van der Waals surface area contributed by atoms with Crippen molar-refractivity contribution in [3.8, 4) is 0 Å². The number of hydrogen-bond acceptors (Lipinski definition) is 6. The molecule has 0 spiro atoms. The van der Waals surface area contributed by atoms with E-state index in [0.717, 1.165) is 0 Å². The number of halogens is 6. The van der Waals surface area contributed by atoms with E-state index in [-0.39, 0.29) is 40.3 Å². The molecule has 2 amide bonds. The molecule has 3 N–H and O–H groups in total. The van der Waals surface area contributed by atoms with Crippen molar-refractivity contribution in [2.24, 2.45) is 0 Å². The Morgan fingerprint density at radius 1 is 1.18 bits per heavy atom. The van der Waals surface area contributed by atoms with E-state index in [2.05, 4.69) is 30.6 Å². The number of nitrogens with one attached hydrogen (secondary N) is 3. The van der Waals surface area contributed by atoms with Crippen molar-refractivity contribution in [3.63, 3.8) is 0 Å². The molecule has 0 aliphatic carbocycles. The van der Waals surface area contributed by atoms with Crippen molar-refractivity contribution in [3.05, 3.63) is 63.5 Å². The largest absolute Gasteiger partial charge is 0.441 e.